The first-order valence-electron chi connectivity index (χ1n) is 13.2. The number of primary amides is 1. The zero-order valence-electron chi connectivity index (χ0n) is 23.3. The van der Waals surface area contributed by atoms with Crippen LogP contribution in [0.2, 0.25) is 0 Å². The van der Waals surface area contributed by atoms with Crippen molar-refractivity contribution in [2.75, 3.05) is 19.8 Å². The van der Waals surface area contributed by atoms with Gasteiger partial charge in [-0.1, -0.05) is 12.1 Å². The molecule has 0 spiro atoms. The van der Waals surface area contributed by atoms with Crippen LogP contribution in [0.1, 0.15) is 48.4 Å². The molecule has 42 heavy (non-hydrogen) atoms. The second-order valence-corrected chi connectivity index (χ2v) is 10.8. The van der Waals surface area contributed by atoms with Gasteiger partial charge in [0.25, 0.3) is 5.91 Å². The van der Waals surface area contributed by atoms with E-state index in [-0.39, 0.29) is 43.0 Å². The number of benzene rings is 2. The van der Waals surface area contributed by atoms with Crippen molar-refractivity contribution >= 4 is 17.9 Å². The number of nitrogens with zero attached hydrogens (tertiary/aromatic N) is 2. The summed E-state index contributed by atoms with van der Waals surface area (Å²) in [5.74, 6) is -4.01. The number of hydrogen-bond acceptors (Lipinski definition) is 6. The van der Waals surface area contributed by atoms with Crippen molar-refractivity contribution in [3.63, 3.8) is 0 Å². The Bertz CT molecular complexity index is 1470. The quantitative estimate of drug-likeness (QED) is 0.427. The van der Waals surface area contributed by atoms with Gasteiger partial charge < -0.3 is 20.5 Å². The van der Waals surface area contributed by atoms with Gasteiger partial charge in [-0.2, -0.15) is 0 Å². The minimum Gasteiger partial charge on any atom is -0.444 e. The molecule has 1 unspecified atom stereocenters. The number of rotatable bonds is 7. The molecule has 0 bridgehead atoms. The Balaban J connectivity index is 1.74. The zero-order chi connectivity index (χ0) is 30.6. The molecule has 0 aliphatic carbocycles. The Morgan fingerprint density at radius 1 is 1.12 bits per heavy atom. The fourth-order valence-corrected chi connectivity index (χ4v) is 4.63. The Morgan fingerprint density at radius 3 is 2.50 bits per heavy atom. The van der Waals surface area contributed by atoms with Gasteiger partial charge in [0.1, 0.15) is 29.1 Å². The summed E-state index contributed by atoms with van der Waals surface area (Å²) in [5, 5.41) is 2.86. The second-order valence-electron chi connectivity index (χ2n) is 10.8. The second kappa shape index (κ2) is 12.6. The van der Waals surface area contributed by atoms with Crippen LogP contribution in [0.3, 0.4) is 0 Å². The molecule has 3 amide bonds. The summed E-state index contributed by atoms with van der Waals surface area (Å²) in [7, 11) is 0. The number of hydrogen-bond donors (Lipinski definition) is 2. The lowest BCUT2D eigenvalue weighted by Gasteiger charge is -2.36. The fourth-order valence-electron chi connectivity index (χ4n) is 4.63. The van der Waals surface area contributed by atoms with Gasteiger partial charge in [-0.3, -0.25) is 19.5 Å². The number of ether oxygens (including phenoxy) is 2. The molecule has 12 heteroatoms. The van der Waals surface area contributed by atoms with Crippen molar-refractivity contribution in [3.8, 4) is 11.1 Å². The van der Waals surface area contributed by atoms with Crippen LogP contribution in [0.4, 0.5) is 18.0 Å². The average molecular weight is 585 g/mol. The van der Waals surface area contributed by atoms with E-state index in [1.165, 1.54) is 23.2 Å². The van der Waals surface area contributed by atoms with Gasteiger partial charge >= 0.3 is 6.09 Å². The summed E-state index contributed by atoms with van der Waals surface area (Å²) in [6.07, 6.45) is 0.659. The molecule has 222 valence electrons. The first kappa shape index (κ1) is 30.5. The number of carbonyl (C=O) groups excluding carboxylic acids is 3. The maximum atomic E-state index is 14.2. The number of morpholine rings is 1. The lowest BCUT2D eigenvalue weighted by molar-refractivity contribution is -0.133. The molecule has 0 radical (unpaired) electrons. The molecule has 0 saturated carbocycles. The molecule has 2 heterocycles. The molecule has 3 N–H and O–H groups in total. The molecule has 1 saturated heterocycles. The third-order valence-corrected chi connectivity index (χ3v) is 6.45. The van der Waals surface area contributed by atoms with Crippen LogP contribution in [-0.4, -0.2) is 59.2 Å². The number of aromatic nitrogens is 1. The van der Waals surface area contributed by atoms with E-state index < -0.39 is 53.0 Å². The summed E-state index contributed by atoms with van der Waals surface area (Å²) < 4.78 is 53.4. The fraction of sp³-hybridized carbons (Fsp3) is 0.333. The molecular formula is C30H31F3N4O5. The van der Waals surface area contributed by atoms with Crippen molar-refractivity contribution in [2.45, 2.75) is 44.9 Å². The van der Waals surface area contributed by atoms with Crippen LogP contribution in [0.5, 0.6) is 0 Å². The molecule has 1 aliphatic heterocycles. The van der Waals surface area contributed by atoms with Gasteiger partial charge in [0.15, 0.2) is 0 Å². The third-order valence-electron chi connectivity index (χ3n) is 6.45. The number of nitrogens with two attached hydrogens (primary N) is 1. The Labute approximate surface area is 240 Å². The van der Waals surface area contributed by atoms with Crippen molar-refractivity contribution in [1.82, 2.24) is 15.2 Å². The van der Waals surface area contributed by atoms with Crippen LogP contribution in [0.15, 0.2) is 54.7 Å². The predicted molar refractivity (Wildman–Crippen MR) is 147 cm³/mol. The van der Waals surface area contributed by atoms with E-state index in [1.54, 1.807) is 32.9 Å². The SMILES string of the molecule is CC(C)(C)OC(=O)N1CCOCC1C(=O)N[C@@H](Cc1cc(F)cc(F)c1)c1ncccc1-c1ccc(F)c(C(N)=O)c1. The van der Waals surface area contributed by atoms with E-state index >= 15 is 0 Å². The van der Waals surface area contributed by atoms with E-state index in [0.29, 0.717) is 11.1 Å². The van der Waals surface area contributed by atoms with E-state index in [1.807, 2.05) is 0 Å². The summed E-state index contributed by atoms with van der Waals surface area (Å²) in [4.78, 5) is 44.1. The topological polar surface area (TPSA) is 124 Å². The first-order valence-corrected chi connectivity index (χ1v) is 13.2. The molecule has 9 nitrogen and oxygen atoms in total. The number of pyridine rings is 1. The van der Waals surface area contributed by atoms with Crippen molar-refractivity contribution in [1.29, 1.82) is 0 Å². The Morgan fingerprint density at radius 2 is 1.83 bits per heavy atom. The van der Waals surface area contributed by atoms with E-state index in [9.17, 15) is 27.6 Å². The monoisotopic (exact) mass is 584 g/mol. The lowest BCUT2D eigenvalue weighted by Crippen LogP contribution is -2.57. The summed E-state index contributed by atoms with van der Waals surface area (Å²) in [6, 6.07) is 7.94. The van der Waals surface area contributed by atoms with Gasteiger partial charge in [0, 0.05) is 24.4 Å². The van der Waals surface area contributed by atoms with Gasteiger partial charge in [-0.25, -0.2) is 18.0 Å². The highest BCUT2D eigenvalue weighted by Crippen LogP contribution is 2.31. The van der Waals surface area contributed by atoms with Gasteiger partial charge in [0.2, 0.25) is 5.91 Å². The smallest absolute Gasteiger partial charge is 0.411 e. The number of halogens is 3. The maximum Gasteiger partial charge on any atom is 0.411 e. The van der Waals surface area contributed by atoms with Gasteiger partial charge in [-0.15, -0.1) is 0 Å². The molecule has 3 aromatic rings. The predicted octanol–water partition coefficient (Wildman–Crippen LogP) is 4.30. The summed E-state index contributed by atoms with van der Waals surface area (Å²) >= 11 is 0. The molecule has 1 fully saturated rings. The Kier molecular flexibility index (Phi) is 9.15. The minimum absolute atomic E-state index is 0.103. The summed E-state index contributed by atoms with van der Waals surface area (Å²) in [5.41, 5.74) is 5.45. The molecular weight excluding hydrogens is 553 g/mol. The number of amides is 3. The largest absolute Gasteiger partial charge is 0.444 e. The average Bonchev–Trinajstić information content (AvgIpc) is 2.91. The highest BCUT2D eigenvalue weighted by molar-refractivity contribution is 5.94. The Hall–Kier alpha value is -4.45. The van der Waals surface area contributed by atoms with Crippen molar-refractivity contribution in [2.24, 2.45) is 5.73 Å². The van der Waals surface area contributed by atoms with Crippen LogP contribution < -0.4 is 11.1 Å². The van der Waals surface area contributed by atoms with Crippen LogP contribution in [0.25, 0.3) is 11.1 Å². The van der Waals surface area contributed by atoms with E-state index in [2.05, 4.69) is 10.3 Å². The minimum atomic E-state index is -1.07. The van der Waals surface area contributed by atoms with Crippen molar-refractivity contribution < 1.29 is 37.0 Å². The summed E-state index contributed by atoms with van der Waals surface area (Å²) in [6.45, 7) is 5.31. The van der Waals surface area contributed by atoms with Crippen LogP contribution in [0, 0.1) is 17.5 Å². The molecule has 4 rings (SSSR count). The molecule has 1 aromatic heterocycles. The lowest BCUT2D eigenvalue weighted by atomic mass is 9.94. The standard InChI is InChI=1S/C30H31F3N4O5/c1-30(2,3)42-29(40)37-9-10-41-16-25(37)28(39)36-24(13-17-11-19(31)15-20(32)12-17)26-21(5-4-8-35-26)18-6-7-23(33)22(14-18)27(34)38/h4-8,11-12,14-15,24-25H,9-10,13,16H2,1-3H3,(H2,34,38)(H,36,39)/t24-,25?/m0/s1. The third kappa shape index (κ3) is 7.43. The maximum absolute atomic E-state index is 14.2. The highest BCUT2D eigenvalue weighted by Gasteiger charge is 2.37. The van der Waals surface area contributed by atoms with Crippen LogP contribution >= 0.6 is 0 Å². The van der Waals surface area contributed by atoms with E-state index in [4.69, 9.17) is 15.2 Å². The highest BCUT2D eigenvalue weighted by atomic mass is 19.1. The van der Waals surface area contributed by atoms with Crippen LogP contribution in [-0.2, 0) is 20.7 Å². The number of carbonyl (C=O) groups is 3. The molecule has 2 atom stereocenters. The molecule has 2 aromatic carbocycles. The van der Waals surface area contributed by atoms with Gasteiger partial charge in [0.05, 0.1) is 30.5 Å². The molecule has 1 aliphatic rings. The van der Waals surface area contributed by atoms with E-state index in [0.717, 1.165) is 24.3 Å². The zero-order valence-corrected chi connectivity index (χ0v) is 23.3. The number of nitrogens with one attached hydrogen (secondary N) is 1. The van der Waals surface area contributed by atoms with Crippen molar-refractivity contribution in [3.05, 3.63) is 89.0 Å². The normalized spacial score (nSPS) is 16.0. The first-order chi connectivity index (χ1) is 19.8. The van der Waals surface area contributed by atoms with Gasteiger partial charge in [-0.05, 0) is 68.7 Å².